The summed E-state index contributed by atoms with van der Waals surface area (Å²) in [6.45, 7) is 1.71. The average Bonchev–Trinajstić information content (AvgIpc) is 3.06. The van der Waals surface area contributed by atoms with Crippen molar-refractivity contribution in [3.63, 3.8) is 0 Å². The molecule has 3 aromatic rings. The molecule has 0 aliphatic heterocycles. The fourth-order valence-electron chi connectivity index (χ4n) is 2.13. The Morgan fingerprint density at radius 3 is 2.59 bits per heavy atom. The van der Waals surface area contributed by atoms with Gasteiger partial charge in [-0.1, -0.05) is 30.3 Å². The summed E-state index contributed by atoms with van der Waals surface area (Å²) in [5.74, 6) is -0.809. The monoisotopic (exact) mass is 385 g/mol. The molecule has 0 saturated heterocycles. The zero-order valence-electron chi connectivity index (χ0n) is 14.2. The normalized spacial score (nSPS) is 11.4. The first-order chi connectivity index (χ1) is 13.0. The van der Waals surface area contributed by atoms with Gasteiger partial charge in [0.05, 0.1) is 5.97 Å². The van der Waals surface area contributed by atoms with Gasteiger partial charge in [0.15, 0.2) is 0 Å². The number of nitrogens with zero attached hydrogens (tertiary/aromatic N) is 2. The number of carbonyl (C=O) groups is 1. The van der Waals surface area contributed by atoms with E-state index in [0.717, 1.165) is 11.8 Å². The lowest BCUT2D eigenvalue weighted by molar-refractivity contribution is -0.298. The highest BCUT2D eigenvalue weighted by atomic mass is 32.2. The van der Waals surface area contributed by atoms with Gasteiger partial charge in [-0.2, -0.15) is 0 Å². The van der Waals surface area contributed by atoms with E-state index in [-0.39, 0.29) is 22.6 Å². The van der Waals surface area contributed by atoms with Crippen LogP contribution in [-0.4, -0.2) is 16.2 Å². The maximum absolute atomic E-state index is 13.6. The number of carboxylic acid groups (broad SMARTS) is 1. The largest absolute Gasteiger partial charge is 0.544 e. The minimum Gasteiger partial charge on any atom is -0.544 e. The molecule has 27 heavy (non-hydrogen) atoms. The number of aromatic nitrogens is 2. The predicted octanol–water partition coefficient (Wildman–Crippen LogP) is 2.98. The highest BCUT2D eigenvalue weighted by molar-refractivity contribution is 8.03. The van der Waals surface area contributed by atoms with Gasteiger partial charge in [0.1, 0.15) is 18.2 Å². The number of thioether (sulfide) groups is 1. The third-order valence-corrected chi connectivity index (χ3v) is 4.28. The highest BCUT2D eigenvalue weighted by Crippen LogP contribution is 2.27. The number of carbonyl (C=O) groups excluding carboxylic acids is 1. The predicted molar refractivity (Wildman–Crippen MR) is 95.1 cm³/mol. The number of benzene rings is 2. The van der Waals surface area contributed by atoms with Gasteiger partial charge in [-0.15, -0.1) is 10.2 Å². The Morgan fingerprint density at radius 2 is 1.96 bits per heavy atom. The van der Waals surface area contributed by atoms with Gasteiger partial charge in [-0.3, -0.25) is 0 Å². The number of rotatable bonds is 7. The third kappa shape index (κ3) is 5.18. The first kappa shape index (κ1) is 18.7. The van der Waals surface area contributed by atoms with E-state index in [1.807, 2.05) is 0 Å². The molecule has 1 aromatic heterocycles. The van der Waals surface area contributed by atoms with Crippen molar-refractivity contribution in [2.24, 2.45) is 0 Å². The Kier molecular flexibility index (Phi) is 5.87. The van der Waals surface area contributed by atoms with E-state index in [1.165, 1.54) is 12.1 Å². The molecule has 0 fully saturated rings. The van der Waals surface area contributed by atoms with Gasteiger partial charge in [0.25, 0.3) is 5.22 Å². The van der Waals surface area contributed by atoms with Gasteiger partial charge < -0.3 is 19.1 Å². The van der Waals surface area contributed by atoms with Crippen LogP contribution in [-0.2, 0) is 11.4 Å². The Morgan fingerprint density at radius 1 is 1.22 bits per heavy atom. The molecule has 0 spiro atoms. The summed E-state index contributed by atoms with van der Waals surface area (Å²) in [5, 5.41) is 18.8. The second kappa shape index (κ2) is 8.50. The lowest BCUT2D eigenvalue weighted by Gasteiger charge is -2.08. The van der Waals surface area contributed by atoms with E-state index < -0.39 is 5.97 Å². The lowest BCUT2D eigenvalue weighted by Crippen LogP contribution is -2.23. The number of carboxylic acids is 1. The molecule has 0 amide bonds. The summed E-state index contributed by atoms with van der Waals surface area (Å²) in [6.07, 6.45) is 1.43. The van der Waals surface area contributed by atoms with Crippen molar-refractivity contribution >= 4 is 23.8 Å². The number of aryl methyl sites for hydroxylation is 1. The van der Waals surface area contributed by atoms with Crippen molar-refractivity contribution in [1.82, 2.24) is 10.2 Å². The SMILES string of the molecule is Cc1nnc(S/C(=C\c2ccc(OCc3ccccc3F)cc2)C(=O)[O-])o1. The van der Waals surface area contributed by atoms with Crippen molar-refractivity contribution in [3.05, 3.63) is 76.3 Å². The van der Waals surface area contributed by atoms with Crippen molar-refractivity contribution in [3.8, 4) is 5.75 Å². The van der Waals surface area contributed by atoms with E-state index in [0.29, 0.717) is 22.8 Å². The Balaban J connectivity index is 1.68. The molecular weight excluding hydrogens is 371 g/mol. The van der Waals surface area contributed by atoms with Gasteiger partial charge in [0, 0.05) is 17.4 Å². The van der Waals surface area contributed by atoms with Crippen molar-refractivity contribution < 1.29 is 23.4 Å². The van der Waals surface area contributed by atoms with Crippen molar-refractivity contribution in [2.75, 3.05) is 0 Å². The van der Waals surface area contributed by atoms with Crippen LogP contribution in [0, 0.1) is 12.7 Å². The Bertz CT molecular complexity index is 970. The van der Waals surface area contributed by atoms with Gasteiger partial charge in [-0.05, 0) is 41.6 Å². The summed E-state index contributed by atoms with van der Waals surface area (Å²) in [6, 6.07) is 13.1. The van der Waals surface area contributed by atoms with Crippen LogP contribution in [0.15, 0.2) is 63.1 Å². The fraction of sp³-hybridized carbons (Fsp3) is 0.105. The van der Waals surface area contributed by atoms with Crippen LogP contribution in [0.5, 0.6) is 5.75 Å². The lowest BCUT2D eigenvalue weighted by atomic mass is 10.2. The smallest absolute Gasteiger partial charge is 0.281 e. The average molecular weight is 385 g/mol. The Hall–Kier alpha value is -3.13. The minimum atomic E-state index is -1.35. The second-order valence-electron chi connectivity index (χ2n) is 5.43. The molecule has 138 valence electrons. The zero-order valence-corrected chi connectivity index (χ0v) is 15.0. The molecule has 0 radical (unpaired) electrons. The van der Waals surface area contributed by atoms with Gasteiger partial charge in [-0.25, -0.2) is 4.39 Å². The zero-order chi connectivity index (χ0) is 19.2. The van der Waals surface area contributed by atoms with Crippen LogP contribution in [0.1, 0.15) is 17.0 Å². The Labute approximate surface area is 158 Å². The number of ether oxygens (including phenoxy) is 1. The number of aliphatic carboxylic acids is 1. The molecule has 6 nitrogen and oxygen atoms in total. The van der Waals surface area contributed by atoms with Crippen molar-refractivity contribution in [2.45, 2.75) is 18.8 Å². The van der Waals surface area contributed by atoms with Crippen LogP contribution >= 0.6 is 11.8 Å². The highest BCUT2D eigenvalue weighted by Gasteiger charge is 2.09. The molecule has 3 rings (SSSR count). The van der Waals surface area contributed by atoms with Crippen molar-refractivity contribution in [1.29, 1.82) is 0 Å². The molecule has 0 bridgehead atoms. The molecule has 0 aliphatic carbocycles. The maximum Gasteiger partial charge on any atom is 0.281 e. The molecule has 2 aromatic carbocycles. The molecular formula is C19H14FN2O4S-. The molecule has 0 atom stereocenters. The molecule has 1 heterocycles. The van der Waals surface area contributed by atoms with E-state index in [2.05, 4.69) is 10.2 Å². The first-order valence-electron chi connectivity index (χ1n) is 7.88. The van der Waals surface area contributed by atoms with Crippen LogP contribution in [0.2, 0.25) is 0 Å². The molecule has 0 saturated carbocycles. The second-order valence-corrected chi connectivity index (χ2v) is 6.43. The molecule has 0 unspecified atom stereocenters. The third-order valence-electron chi connectivity index (χ3n) is 3.44. The quantitative estimate of drug-likeness (QED) is 0.456. The van der Waals surface area contributed by atoms with Gasteiger partial charge in [0.2, 0.25) is 5.89 Å². The minimum absolute atomic E-state index is 0.0707. The summed E-state index contributed by atoms with van der Waals surface area (Å²) in [7, 11) is 0. The first-order valence-corrected chi connectivity index (χ1v) is 8.70. The molecule has 0 N–H and O–H groups in total. The maximum atomic E-state index is 13.6. The number of halogens is 1. The number of hydrogen-bond donors (Lipinski definition) is 0. The summed E-state index contributed by atoms with van der Waals surface area (Å²) in [4.78, 5) is 11.3. The fourth-order valence-corrected chi connectivity index (χ4v) is 2.84. The van der Waals surface area contributed by atoms with E-state index in [4.69, 9.17) is 9.15 Å². The van der Waals surface area contributed by atoms with E-state index in [9.17, 15) is 14.3 Å². The van der Waals surface area contributed by atoms with Crippen LogP contribution in [0.4, 0.5) is 4.39 Å². The molecule has 8 heteroatoms. The number of hydrogen-bond acceptors (Lipinski definition) is 7. The van der Waals surface area contributed by atoms with E-state index in [1.54, 1.807) is 49.4 Å². The van der Waals surface area contributed by atoms with E-state index >= 15 is 0 Å². The van der Waals surface area contributed by atoms with Gasteiger partial charge >= 0.3 is 0 Å². The van der Waals surface area contributed by atoms with Crippen LogP contribution in [0.3, 0.4) is 0 Å². The summed E-state index contributed by atoms with van der Waals surface area (Å²) >= 11 is 0.812. The van der Waals surface area contributed by atoms with Crippen LogP contribution < -0.4 is 9.84 Å². The van der Waals surface area contributed by atoms with Crippen LogP contribution in [0.25, 0.3) is 6.08 Å². The topological polar surface area (TPSA) is 88.3 Å². The molecule has 0 aliphatic rings. The summed E-state index contributed by atoms with van der Waals surface area (Å²) in [5.41, 5.74) is 1.07. The summed E-state index contributed by atoms with van der Waals surface area (Å²) < 4.78 is 24.3. The standard InChI is InChI=1S/C19H15FN2O4S/c1-12-21-22-19(26-12)27-17(18(23)24)10-13-6-8-15(9-7-13)25-11-14-4-2-3-5-16(14)20/h2-10H,11H2,1H3,(H,23,24)/p-1/b17-10-.